The Morgan fingerprint density at radius 3 is 2.36 bits per heavy atom. The van der Waals surface area contributed by atoms with Crippen LogP contribution in [0, 0.1) is 29.6 Å². The van der Waals surface area contributed by atoms with E-state index in [1.54, 1.807) is 0 Å². The van der Waals surface area contributed by atoms with Gasteiger partial charge in [-0.1, -0.05) is 50.5 Å². The van der Waals surface area contributed by atoms with Crippen molar-refractivity contribution in [2.45, 2.75) is 96.7 Å². The highest BCUT2D eigenvalue weighted by atomic mass is 19.3. The molecule has 0 radical (unpaired) electrons. The fourth-order valence-corrected chi connectivity index (χ4v) is 4.19. The number of rotatable bonds is 7. The molecule has 0 aliphatic heterocycles. The van der Waals surface area contributed by atoms with Crippen LogP contribution in [-0.4, -0.2) is 12.7 Å². The van der Waals surface area contributed by atoms with E-state index in [0.717, 1.165) is 18.8 Å². The minimum Gasteiger partial charge on any atom is -0.320 e. The lowest BCUT2D eigenvalue weighted by atomic mass is 9.79. The third-order valence-corrected chi connectivity index (χ3v) is 5.82. The molecule has 0 aromatic carbocycles. The fourth-order valence-electron chi connectivity index (χ4n) is 4.19. The molecule has 0 aromatic heterocycles. The van der Waals surface area contributed by atoms with Crippen molar-refractivity contribution in [3.05, 3.63) is 12.2 Å². The molecule has 0 spiro atoms. The maximum Gasteiger partial charge on any atom is 0.345 e. The van der Waals surface area contributed by atoms with Gasteiger partial charge in [0.25, 0.3) is 0 Å². The van der Waals surface area contributed by atoms with Gasteiger partial charge < -0.3 is 4.74 Å². The second kappa shape index (κ2) is 11.7. The van der Waals surface area contributed by atoms with Crippen LogP contribution in [0.5, 0.6) is 0 Å². The lowest BCUT2D eigenvalue weighted by Gasteiger charge is -2.26. The average molecular weight is 353 g/mol. The molecule has 2 rings (SSSR count). The standard InChI is InChI=1S/C22H34F2O/c1-2-3-4-7-18-10-12-19(13-11-18)8-5-6-9-20-14-16-21(17-15-20)25-22(23)24/h5,8,18-22H,2-4,7,10-17H2,1H3/t18-,19-,20-,21-. The zero-order valence-corrected chi connectivity index (χ0v) is 15.7. The molecule has 2 saturated carbocycles. The summed E-state index contributed by atoms with van der Waals surface area (Å²) in [4.78, 5) is 0. The molecule has 0 N–H and O–H groups in total. The van der Waals surface area contributed by atoms with Crippen LogP contribution in [0.25, 0.3) is 0 Å². The van der Waals surface area contributed by atoms with Crippen LogP contribution in [-0.2, 0) is 4.74 Å². The largest absolute Gasteiger partial charge is 0.345 e. The number of hydrogen-bond donors (Lipinski definition) is 0. The van der Waals surface area contributed by atoms with Crippen LogP contribution in [0.2, 0.25) is 0 Å². The molecule has 0 unspecified atom stereocenters. The highest BCUT2D eigenvalue weighted by Gasteiger charge is 2.23. The molecule has 142 valence electrons. The Bertz CT molecular complexity index is 433. The molecule has 0 aromatic rings. The zero-order chi connectivity index (χ0) is 17.9. The van der Waals surface area contributed by atoms with E-state index in [2.05, 4.69) is 29.6 Å². The summed E-state index contributed by atoms with van der Waals surface area (Å²) in [7, 11) is 0. The van der Waals surface area contributed by atoms with Crippen LogP contribution in [0.15, 0.2) is 12.2 Å². The topological polar surface area (TPSA) is 9.23 Å². The summed E-state index contributed by atoms with van der Waals surface area (Å²) in [5, 5.41) is 0. The van der Waals surface area contributed by atoms with Crippen LogP contribution in [0.3, 0.4) is 0 Å². The molecule has 2 fully saturated rings. The summed E-state index contributed by atoms with van der Waals surface area (Å²) in [6, 6.07) is 0. The van der Waals surface area contributed by atoms with Crippen LogP contribution in [0.1, 0.15) is 84.0 Å². The second-order valence-corrected chi connectivity index (χ2v) is 7.79. The lowest BCUT2D eigenvalue weighted by molar-refractivity contribution is -0.170. The summed E-state index contributed by atoms with van der Waals surface area (Å²) in [5.41, 5.74) is 0. The predicted molar refractivity (Wildman–Crippen MR) is 99.3 cm³/mol. The minimum atomic E-state index is -2.64. The molecule has 2 aliphatic rings. The van der Waals surface area contributed by atoms with E-state index in [1.807, 2.05) is 6.08 Å². The lowest BCUT2D eigenvalue weighted by Crippen LogP contribution is -2.23. The summed E-state index contributed by atoms with van der Waals surface area (Å²) in [5.74, 6) is 8.49. The van der Waals surface area contributed by atoms with Gasteiger partial charge in [-0.05, 0) is 69.3 Å². The van der Waals surface area contributed by atoms with Crippen LogP contribution < -0.4 is 0 Å². The van der Waals surface area contributed by atoms with Gasteiger partial charge in [0.1, 0.15) is 0 Å². The first-order chi connectivity index (χ1) is 12.2. The van der Waals surface area contributed by atoms with Gasteiger partial charge in [-0.3, -0.25) is 0 Å². The number of alkyl halides is 2. The van der Waals surface area contributed by atoms with Gasteiger partial charge in [-0.15, -0.1) is 0 Å². The van der Waals surface area contributed by atoms with E-state index in [1.165, 1.54) is 51.4 Å². The molecule has 0 bridgehead atoms. The Balaban J connectivity index is 1.60. The first-order valence-corrected chi connectivity index (χ1v) is 10.3. The van der Waals surface area contributed by atoms with Crippen LogP contribution >= 0.6 is 0 Å². The fraction of sp³-hybridized carbons (Fsp3) is 0.818. The third kappa shape index (κ3) is 8.36. The molecule has 2 aliphatic carbocycles. The highest BCUT2D eigenvalue weighted by Crippen LogP contribution is 2.32. The Morgan fingerprint density at radius 2 is 1.72 bits per heavy atom. The van der Waals surface area contributed by atoms with Crippen molar-refractivity contribution < 1.29 is 13.5 Å². The van der Waals surface area contributed by atoms with Crippen molar-refractivity contribution in [2.24, 2.45) is 17.8 Å². The van der Waals surface area contributed by atoms with E-state index >= 15 is 0 Å². The summed E-state index contributed by atoms with van der Waals surface area (Å²) >= 11 is 0. The predicted octanol–water partition coefficient (Wildman–Crippen LogP) is 6.73. The molecule has 0 heterocycles. The van der Waals surface area contributed by atoms with Gasteiger partial charge in [0.05, 0.1) is 6.10 Å². The number of allylic oxidation sites excluding steroid dienone is 2. The van der Waals surface area contributed by atoms with Crippen molar-refractivity contribution in [1.82, 2.24) is 0 Å². The zero-order valence-electron chi connectivity index (χ0n) is 15.7. The van der Waals surface area contributed by atoms with E-state index < -0.39 is 6.61 Å². The maximum absolute atomic E-state index is 12.2. The van der Waals surface area contributed by atoms with Gasteiger partial charge in [0.2, 0.25) is 0 Å². The number of unbranched alkanes of at least 4 members (excludes halogenated alkanes) is 2. The van der Waals surface area contributed by atoms with E-state index in [-0.39, 0.29) is 6.10 Å². The molecule has 3 heteroatoms. The molecule has 0 atom stereocenters. The van der Waals surface area contributed by atoms with Gasteiger partial charge in [-0.25, -0.2) is 0 Å². The van der Waals surface area contributed by atoms with Gasteiger partial charge >= 0.3 is 6.61 Å². The van der Waals surface area contributed by atoms with Gasteiger partial charge in [-0.2, -0.15) is 8.78 Å². The number of hydrogen-bond acceptors (Lipinski definition) is 1. The monoisotopic (exact) mass is 352 g/mol. The summed E-state index contributed by atoms with van der Waals surface area (Å²) < 4.78 is 29.0. The Hall–Kier alpha value is -0.880. The van der Waals surface area contributed by atoms with E-state index in [9.17, 15) is 8.78 Å². The summed E-state index contributed by atoms with van der Waals surface area (Å²) in [6.07, 6.45) is 18.1. The van der Waals surface area contributed by atoms with Gasteiger partial charge in [0.15, 0.2) is 0 Å². The molecule has 25 heavy (non-hydrogen) atoms. The Labute approximate surface area is 152 Å². The van der Waals surface area contributed by atoms with Crippen molar-refractivity contribution in [3.63, 3.8) is 0 Å². The van der Waals surface area contributed by atoms with Gasteiger partial charge in [0, 0.05) is 5.92 Å². The average Bonchev–Trinajstić information content (AvgIpc) is 2.61. The number of ether oxygens (including phenoxy) is 1. The minimum absolute atomic E-state index is 0.277. The molecule has 0 amide bonds. The normalized spacial score (nSPS) is 30.4. The summed E-state index contributed by atoms with van der Waals surface area (Å²) in [6.45, 7) is -0.372. The highest BCUT2D eigenvalue weighted by molar-refractivity contribution is 5.18. The van der Waals surface area contributed by atoms with Crippen molar-refractivity contribution in [2.75, 3.05) is 0 Å². The molecular formula is C22H34F2O. The Morgan fingerprint density at radius 1 is 1.00 bits per heavy atom. The van der Waals surface area contributed by atoms with Crippen molar-refractivity contribution >= 4 is 0 Å². The van der Waals surface area contributed by atoms with E-state index in [4.69, 9.17) is 0 Å². The quantitative estimate of drug-likeness (QED) is 0.364. The van der Waals surface area contributed by atoms with Crippen LogP contribution in [0.4, 0.5) is 8.78 Å². The molecule has 1 nitrogen and oxygen atoms in total. The van der Waals surface area contributed by atoms with E-state index in [0.29, 0.717) is 24.7 Å². The first-order valence-electron chi connectivity index (χ1n) is 10.3. The molecular weight excluding hydrogens is 318 g/mol. The van der Waals surface area contributed by atoms with Crippen molar-refractivity contribution in [1.29, 1.82) is 0 Å². The third-order valence-electron chi connectivity index (χ3n) is 5.82. The maximum atomic E-state index is 12.2. The molecule has 0 saturated heterocycles. The first kappa shape index (κ1) is 20.4. The van der Waals surface area contributed by atoms with Crippen molar-refractivity contribution in [3.8, 4) is 11.8 Å². The Kier molecular flexibility index (Phi) is 9.55. The SMILES string of the molecule is CCCCC[C@H]1CC[C@H](C=CC#C[C@H]2CC[C@H](OC(F)F)CC2)CC1. The number of halogens is 2. The second-order valence-electron chi connectivity index (χ2n) is 7.79. The smallest absolute Gasteiger partial charge is 0.320 e.